The van der Waals surface area contributed by atoms with Crippen molar-refractivity contribution in [3.8, 4) is 11.4 Å². The number of halogens is 2. The SMILES string of the molecule is COc1ccc(-n2ncc(N/N=C\c3ccc(Cl)c([N+](=O)[O-])c3)c(Cl)c2=O)cc1. The van der Waals surface area contributed by atoms with E-state index in [0.29, 0.717) is 17.0 Å². The molecule has 0 saturated carbocycles. The largest absolute Gasteiger partial charge is 0.497 e. The van der Waals surface area contributed by atoms with Crippen molar-refractivity contribution in [3.05, 3.63) is 84.7 Å². The number of nitro benzene ring substituents is 1. The molecule has 11 heteroatoms. The zero-order chi connectivity index (χ0) is 21.0. The maximum Gasteiger partial charge on any atom is 0.292 e. The van der Waals surface area contributed by atoms with Gasteiger partial charge in [-0.25, -0.2) is 0 Å². The number of ether oxygens (including phenoxy) is 1. The molecule has 2 aromatic carbocycles. The van der Waals surface area contributed by atoms with Gasteiger partial charge in [0.25, 0.3) is 11.2 Å². The lowest BCUT2D eigenvalue weighted by molar-refractivity contribution is -0.384. The summed E-state index contributed by atoms with van der Waals surface area (Å²) >= 11 is 11.9. The molecule has 0 aliphatic heterocycles. The number of rotatable bonds is 6. The molecule has 1 heterocycles. The zero-order valence-corrected chi connectivity index (χ0v) is 16.4. The molecular weight excluding hydrogens is 421 g/mol. The van der Waals surface area contributed by atoms with Gasteiger partial charge in [0, 0.05) is 11.6 Å². The Morgan fingerprint density at radius 2 is 1.97 bits per heavy atom. The van der Waals surface area contributed by atoms with Crippen LogP contribution in [0, 0.1) is 10.1 Å². The van der Waals surface area contributed by atoms with E-state index in [0.717, 1.165) is 4.68 Å². The van der Waals surface area contributed by atoms with Gasteiger partial charge in [0.2, 0.25) is 0 Å². The Hall–Kier alpha value is -3.43. The number of nitrogens with one attached hydrogen (secondary N) is 1. The average Bonchev–Trinajstić information content (AvgIpc) is 2.72. The average molecular weight is 434 g/mol. The molecule has 3 aromatic rings. The second-order valence-corrected chi connectivity index (χ2v) is 6.41. The second-order valence-electron chi connectivity index (χ2n) is 5.63. The van der Waals surface area contributed by atoms with Crippen LogP contribution in [0.3, 0.4) is 0 Å². The maximum absolute atomic E-state index is 12.5. The second kappa shape index (κ2) is 8.72. The van der Waals surface area contributed by atoms with E-state index in [2.05, 4.69) is 15.6 Å². The molecular formula is C18H13Cl2N5O4. The lowest BCUT2D eigenvalue weighted by Gasteiger charge is -2.08. The smallest absolute Gasteiger partial charge is 0.292 e. The Bertz CT molecular complexity index is 1150. The van der Waals surface area contributed by atoms with Crippen LogP contribution in [0.25, 0.3) is 5.69 Å². The van der Waals surface area contributed by atoms with Crippen LogP contribution >= 0.6 is 23.2 Å². The predicted molar refractivity (Wildman–Crippen MR) is 111 cm³/mol. The van der Waals surface area contributed by atoms with E-state index in [4.69, 9.17) is 27.9 Å². The highest BCUT2D eigenvalue weighted by Crippen LogP contribution is 2.24. The Balaban J connectivity index is 1.81. The van der Waals surface area contributed by atoms with Gasteiger partial charge < -0.3 is 4.74 Å². The first kappa shape index (κ1) is 20.3. The van der Waals surface area contributed by atoms with Crippen molar-refractivity contribution in [1.82, 2.24) is 9.78 Å². The molecule has 0 amide bonds. The van der Waals surface area contributed by atoms with Gasteiger partial charge in [0.1, 0.15) is 21.5 Å². The van der Waals surface area contributed by atoms with Gasteiger partial charge in [-0.2, -0.15) is 14.9 Å². The van der Waals surface area contributed by atoms with E-state index >= 15 is 0 Å². The van der Waals surface area contributed by atoms with Crippen LogP contribution in [0.5, 0.6) is 5.75 Å². The van der Waals surface area contributed by atoms with Crippen molar-refractivity contribution in [1.29, 1.82) is 0 Å². The molecule has 0 bridgehead atoms. The summed E-state index contributed by atoms with van der Waals surface area (Å²) in [6, 6.07) is 10.9. The molecule has 1 aromatic heterocycles. The monoisotopic (exact) mass is 433 g/mol. The molecule has 0 spiro atoms. The summed E-state index contributed by atoms with van der Waals surface area (Å²) in [5.41, 5.74) is 2.95. The van der Waals surface area contributed by atoms with Crippen LogP contribution in [0.15, 0.2) is 58.6 Å². The third kappa shape index (κ3) is 4.53. The Labute approximate surface area is 174 Å². The summed E-state index contributed by atoms with van der Waals surface area (Å²) in [6.07, 6.45) is 2.67. The van der Waals surface area contributed by atoms with Crippen molar-refractivity contribution in [3.63, 3.8) is 0 Å². The molecule has 1 N–H and O–H groups in total. The third-order valence-corrected chi connectivity index (χ3v) is 4.49. The molecule has 29 heavy (non-hydrogen) atoms. The molecule has 0 unspecified atom stereocenters. The highest BCUT2D eigenvalue weighted by molar-refractivity contribution is 6.33. The number of hydrazone groups is 1. The van der Waals surface area contributed by atoms with E-state index in [-0.39, 0.29) is 21.4 Å². The van der Waals surface area contributed by atoms with Gasteiger partial charge in [-0.1, -0.05) is 29.3 Å². The Morgan fingerprint density at radius 3 is 2.62 bits per heavy atom. The van der Waals surface area contributed by atoms with E-state index in [1.165, 1.54) is 24.5 Å². The molecule has 0 saturated heterocycles. The lowest BCUT2D eigenvalue weighted by atomic mass is 10.2. The molecule has 9 nitrogen and oxygen atoms in total. The first-order valence-electron chi connectivity index (χ1n) is 8.06. The molecule has 3 rings (SSSR count). The normalized spacial score (nSPS) is 10.9. The summed E-state index contributed by atoms with van der Waals surface area (Å²) < 4.78 is 6.22. The molecule has 0 aliphatic carbocycles. The molecule has 148 valence electrons. The summed E-state index contributed by atoms with van der Waals surface area (Å²) in [5.74, 6) is 0.642. The molecule has 0 aliphatic rings. The first-order chi connectivity index (χ1) is 13.9. The van der Waals surface area contributed by atoms with Crippen molar-refractivity contribution >= 4 is 40.8 Å². The molecule has 0 fully saturated rings. The van der Waals surface area contributed by atoms with E-state index in [1.807, 2.05) is 0 Å². The molecule has 0 atom stereocenters. The van der Waals surface area contributed by atoms with Crippen molar-refractivity contribution in [2.45, 2.75) is 0 Å². The number of nitrogens with zero attached hydrogens (tertiary/aromatic N) is 4. The number of benzene rings is 2. The highest BCUT2D eigenvalue weighted by atomic mass is 35.5. The van der Waals surface area contributed by atoms with Gasteiger partial charge >= 0.3 is 0 Å². The lowest BCUT2D eigenvalue weighted by Crippen LogP contribution is -2.22. The van der Waals surface area contributed by atoms with Crippen molar-refractivity contribution in [2.75, 3.05) is 12.5 Å². The standard InChI is InChI=1S/C18H13Cl2N5O4/c1-29-13-5-3-12(4-6-13)24-18(26)17(20)15(10-22-24)23-21-9-11-2-7-14(19)16(8-11)25(27)28/h2-10,23H,1H3/b21-9-. The Morgan fingerprint density at radius 1 is 1.24 bits per heavy atom. The topological polar surface area (TPSA) is 112 Å². The number of nitro groups is 1. The van der Waals surface area contributed by atoms with Crippen LogP contribution in [-0.4, -0.2) is 28.0 Å². The van der Waals surface area contributed by atoms with E-state index in [9.17, 15) is 14.9 Å². The Kier molecular flexibility index (Phi) is 6.10. The number of methoxy groups -OCH3 is 1. The highest BCUT2D eigenvalue weighted by Gasteiger charge is 2.12. The minimum atomic E-state index is -0.591. The minimum Gasteiger partial charge on any atom is -0.497 e. The number of hydrogen-bond donors (Lipinski definition) is 1. The number of aromatic nitrogens is 2. The zero-order valence-electron chi connectivity index (χ0n) is 14.9. The molecule has 0 radical (unpaired) electrons. The summed E-state index contributed by atoms with van der Waals surface area (Å²) in [5, 5.41) is 18.8. The fraction of sp³-hybridized carbons (Fsp3) is 0.0556. The van der Waals surface area contributed by atoms with Crippen molar-refractivity contribution < 1.29 is 9.66 Å². The van der Waals surface area contributed by atoms with Crippen molar-refractivity contribution in [2.24, 2.45) is 5.10 Å². The minimum absolute atomic E-state index is 0.0227. The van der Waals surface area contributed by atoms with Crippen LogP contribution in [0.2, 0.25) is 10.0 Å². The quantitative estimate of drug-likeness (QED) is 0.358. The van der Waals surface area contributed by atoms with E-state index in [1.54, 1.807) is 37.4 Å². The summed E-state index contributed by atoms with van der Waals surface area (Å²) in [6.45, 7) is 0. The van der Waals surface area contributed by atoms with E-state index < -0.39 is 10.5 Å². The third-order valence-electron chi connectivity index (χ3n) is 3.80. The van der Waals surface area contributed by atoms with Crippen LogP contribution in [0.4, 0.5) is 11.4 Å². The van der Waals surface area contributed by atoms with Gasteiger partial charge in [-0.3, -0.25) is 20.3 Å². The number of hydrogen-bond acceptors (Lipinski definition) is 7. The first-order valence-corrected chi connectivity index (χ1v) is 8.81. The maximum atomic E-state index is 12.5. The van der Waals surface area contributed by atoms with Crippen LogP contribution in [0.1, 0.15) is 5.56 Å². The fourth-order valence-electron chi connectivity index (χ4n) is 2.34. The fourth-order valence-corrected chi connectivity index (χ4v) is 2.70. The summed E-state index contributed by atoms with van der Waals surface area (Å²) in [4.78, 5) is 22.8. The predicted octanol–water partition coefficient (Wildman–Crippen LogP) is 3.90. The summed E-state index contributed by atoms with van der Waals surface area (Å²) in [7, 11) is 1.54. The van der Waals surface area contributed by atoms with Gasteiger partial charge in [0.05, 0.1) is 30.1 Å². The van der Waals surface area contributed by atoms with Gasteiger partial charge in [-0.05, 0) is 30.3 Å². The van der Waals surface area contributed by atoms with Gasteiger partial charge in [0.15, 0.2) is 0 Å². The van der Waals surface area contributed by atoms with Crippen LogP contribution in [-0.2, 0) is 0 Å². The number of anilines is 1. The van der Waals surface area contributed by atoms with Gasteiger partial charge in [-0.15, -0.1) is 0 Å². The van der Waals surface area contributed by atoms with Crippen LogP contribution < -0.4 is 15.7 Å².